The van der Waals surface area contributed by atoms with Crippen LogP contribution >= 0.6 is 0 Å². The number of rotatable bonds is 0. The minimum atomic E-state index is 0.647. The van der Waals surface area contributed by atoms with Crippen molar-refractivity contribution in [1.82, 2.24) is 0 Å². The van der Waals surface area contributed by atoms with E-state index in [-0.39, 0.29) is 0 Å². The van der Waals surface area contributed by atoms with Crippen LogP contribution in [0.2, 0.25) is 0 Å². The first-order valence-corrected chi connectivity index (χ1v) is 5.02. The predicted octanol–water partition coefficient (Wildman–Crippen LogP) is 3.61. The van der Waals surface area contributed by atoms with E-state index in [0.29, 0.717) is 5.41 Å². The quantitative estimate of drug-likeness (QED) is 0.497. The molecule has 2 saturated carbocycles. The zero-order valence-corrected chi connectivity index (χ0v) is 8.11. The highest BCUT2D eigenvalue weighted by molar-refractivity contribution is 5.01. The van der Waals surface area contributed by atoms with Gasteiger partial charge in [0.05, 0.1) is 0 Å². The Labute approximate surface area is 70.4 Å². The summed E-state index contributed by atoms with van der Waals surface area (Å²) in [5.74, 6) is 0.987. The molecule has 2 fully saturated rings. The summed E-state index contributed by atoms with van der Waals surface area (Å²) in [6.07, 6.45) is 7.54. The Bertz CT molecular complexity index is 157. The third-order valence-electron chi connectivity index (χ3n) is 3.49. The standard InChI is InChI=1S/C11H20/c1-9-6-10(2,3)8-11(7-9)4-5-11/h9H,4-8H2,1-3H3/t9-/m1/s1. The molecule has 0 aromatic rings. The van der Waals surface area contributed by atoms with E-state index in [2.05, 4.69) is 20.8 Å². The zero-order chi connectivity index (χ0) is 8.11. The van der Waals surface area contributed by atoms with Gasteiger partial charge in [0.2, 0.25) is 0 Å². The van der Waals surface area contributed by atoms with E-state index in [1.165, 1.54) is 32.1 Å². The van der Waals surface area contributed by atoms with Gasteiger partial charge < -0.3 is 0 Å². The summed E-state index contributed by atoms with van der Waals surface area (Å²) in [6, 6.07) is 0. The van der Waals surface area contributed by atoms with Crippen LogP contribution in [0, 0.1) is 16.7 Å². The van der Waals surface area contributed by atoms with Gasteiger partial charge in [0.25, 0.3) is 0 Å². The lowest BCUT2D eigenvalue weighted by atomic mass is 9.66. The van der Waals surface area contributed by atoms with E-state index in [9.17, 15) is 0 Å². The van der Waals surface area contributed by atoms with Crippen molar-refractivity contribution in [2.24, 2.45) is 16.7 Å². The molecule has 1 spiro atoms. The molecule has 0 aliphatic heterocycles. The molecule has 0 heteroatoms. The van der Waals surface area contributed by atoms with Crippen LogP contribution in [-0.4, -0.2) is 0 Å². The van der Waals surface area contributed by atoms with E-state index in [4.69, 9.17) is 0 Å². The van der Waals surface area contributed by atoms with Crippen molar-refractivity contribution in [2.45, 2.75) is 52.9 Å². The molecule has 0 aromatic heterocycles. The van der Waals surface area contributed by atoms with E-state index < -0.39 is 0 Å². The summed E-state index contributed by atoms with van der Waals surface area (Å²) >= 11 is 0. The second-order valence-electron chi connectivity index (χ2n) is 5.85. The average molecular weight is 152 g/mol. The van der Waals surface area contributed by atoms with Crippen molar-refractivity contribution in [1.29, 1.82) is 0 Å². The molecule has 0 aromatic carbocycles. The molecule has 0 amide bonds. The number of hydrogen-bond acceptors (Lipinski definition) is 0. The minimum absolute atomic E-state index is 0.647. The lowest BCUT2D eigenvalue weighted by Crippen LogP contribution is -2.28. The Morgan fingerprint density at radius 3 is 2.18 bits per heavy atom. The molecular formula is C11H20. The molecule has 2 aliphatic carbocycles. The monoisotopic (exact) mass is 152 g/mol. The van der Waals surface area contributed by atoms with Crippen LogP contribution in [0.3, 0.4) is 0 Å². The molecule has 0 bridgehead atoms. The van der Waals surface area contributed by atoms with Gasteiger partial charge in [-0.2, -0.15) is 0 Å². The van der Waals surface area contributed by atoms with Gasteiger partial charge in [-0.3, -0.25) is 0 Å². The van der Waals surface area contributed by atoms with E-state index in [1.807, 2.05) is 0 Å². The maximum Gasteiger partial charge on any atom is -0.0289 e. The minimum Gasteiger partial charge on any atom is -0.0625 e. The highest BCUT2D eigenvalue weighted by Crippen LogP contribution is 2.62. The van der Waals surface area contributed by atoms with Crippen molar-refractivity contribution >= 4 is 0 Å². The van der Waals surface area contributed by atoms with E-state index >= 15 is 0 Å². The normalized spacial score (nSPS) is 39.0. The summed E-state index contributed by atoms with van der Waals surface area (Å²) in [6.45, 7) is 7.33. The second-order valence-corrected chi connectivity index (χ2v) is 5.85. The third kappa shape index (κ3) is 1.45. The topological polar surface area (TPSA) is 0 Å². The molecule has 0 radical (unpaired) electrons. The highest BCUT2D eigenvalue weighted by Gasteiger charge is 2.50. The van der Waals surface area contributed by atoms with Gasteiger partial charge in [0.15, 0.2) is 0 Å². The molecule has 2 rings (SSSR count). The number of hydrogen-bond donors (Lipinski definition) is 0. The fourth-order valence-electron chi connectivity index (χ4n) is 3.47. The molecule has 64 valence electrons. The smallest absolute Gasteiger partial charge is 0.0289 e. The van der Waals surface area contributed by atoms with Gasteiger partial charge >= 0.3 is 0 Å². The van der Waals surface area contributed by atoms with Crippen LogP contribution in [0.5, 0.6) is 0 Å². The average Bonchev–Trinajstić information content (AvgIpc) is 2.41. The van der Waals surface area contributed by atoms with Crippen molar-refractivity contribution in [2.75, 3.05) is 0 Å². The van der Waals surface area contributed by atoms with Gasteiger partial charge in [-0.1, -0.05) is 20.8 Å². The van der Waals surface area contributed by atoms with E-state index in [1.54, 1.807) is 0 Å². The predicted molar refractivity (Wildman–Crippen MR) is 48.5 cm³/mol. The lowest BCUT2D eigenvalue weighted by molar-refractivity contribution is 0.118. The van der Waals surface area contributed by atoms with Crippen LogP contribution in [0.25, 0.3) is 0 Å². The Hall–Kier alpha value is 0. The molecule has 0 unspecified atom stereocenters. The first-order valence-electron chi connectivity index (χ1n) is 5.02. The van der Waals surface area contributed by atoms with Gasteiger partial charge in [0.1, 0.15) is 0 Å². The first kappa shape index (κ1) is 7.64. The fraction of sp³-hybridized carbons (Fsp3) is 1.00. The molecule has 11 heavy (non-hydrogen) atoms. The SMILES string of the molecule is C[C@@H]1CC(C)(C)CC2(CC2)C1. The van der Waals surface area contributed by atoms with Crippen molar-refractivity contribution in [3.05, 3.63) is 0 Å². The maximum atomic E-state index is 2.45. The van der Waals surface area contributed by atoms with Crippen LogP contribution in [0.1, 0.15) is 52.9 Å². The third-order valence-corrected chi connectivity index (χ3v) is 3.49. The molecule has 0 heterocycles. The summed E-state index contributed by atoms with van der Waals surface area (Å²) in [7, 11) is 0. The van der Waals surface area contributed by atoms with Gasteiger partial charge in [-0.25, -0.2) is 0 Å². The Morgan fingerprint density at radius 2 is 1.73 bits per heavy atom. The molecule has 2 aliphatic rings. The van der Waals surface area contributed by atoms with Crippen molar-refractivity contribution in [3.8, 4) is 0 Å². The second kappa shape index (κ2) is 2.02. The summed E-state index contributed by atoms with van der Waals surface area (Å²) < 4.78 is 0. The molecule has 0 N–H and O–H groups in total. The van der Waals surface area contributed by atoms with Crippen LogP contribution in [-0.2, 0) is 0 Å². The zero-order valence-electron chi connectivity index (χ0n) is 8.11. The molecular weight excluding hydrogens is 132 g/mol. The molecule has 0 nitrogen and oxygen atoms in total. The summed E-state index contributed by atoms with van der Waals surface area (Å²) in [4.78, 5) is 0. The maximum absolute atomic E-state index is 2.45. The van der Waals surface area contributed by atoms with Gasteiger partial charge in [0, 0.05) is 0 Å². The highest BCUT2D eigenvalue weighted by atomic mass is 14.5. The first-order chi connectivity index (χ1) is 5.02. The Balaban J connectivity index is 2.09. The van der Waals surface area contributed by atoms with Crippen LogP contribution in [0.15, 0.2) is 0 Å². The molecule has 0 saturated heterocycles. The Kier molecular flexibility index (Phi) is 1.41. The van der Waals surface area contributed by atoms with Crippen molar-refractivity contribution < 1.29 is 0 Å². The van der Waals surface area contributed by atoms with Crippen LogP contribution < -0.4 is 0 Å². The summed E-state index contributed by atoms with van der Waals surface area (Å²) in [5, 5.41) is 0. The van der Waals surface area contributed by atoms with Gasteiger partial charge in [-0.05, 0) is 48.9 Å². The largest absolute Gasteiger partial charge is 0.0625 e. The summed E-state index contributed by atoms with van der Waals surface area (Å²) in [5.41, 5.74) is 1.48. The van der Waals surface area contributed by atoms with Gasteiger partial charge in [-0.15, -0.1) is 0 Å². The van der Waals surface area contributed by atoms with Crippen LogP contribution in [0.4, 0.5) is 0 Å². The lowest BCUT2D eigenvalue weighted by Gasteiger charge is -2.39. The molecule has 1 atom stereocenters. The van der Waals surface area contributed by atoms with Crippen molar-refractivity contribution in [3.63, 3.8) is 0 Å². The van der Waals surface area contributed by atoms with E-state index in [0.717, 1.165) is 11.3 Å². The Morgan fingerprint density at radius 1 is 1.09 bits per heavy atom. The fourth-order valence-corrected chi connectivity index (χ4v) is 3.47.